The van der Waals surface area contributed by atoms with Crippen LogP contribution in [0.1, 0.15) is 47.2 Å². The van der Waals surface area contributed by atoms with Crippen LogP contribution in [-0.4, -0.2) is 48.7 Å². The number of nitrogens with one attached hydrogen (secondary N) is 2. The first kappa shape index (κ1) is 26.2. The minimum Gasteiger partial charge on any atom is -0.494 e. The van der Waals surface area contributed by atoms with E-state index in [0.29, 0.717) is 27.9 Å². The lowest BCUT2D eigenvalue weighted by molar-refractivity contribution is -0.384. The number of fused-ring (bicyclic) bond motifs is 1. The predicted octanol–water partition coefficient (Wildman–Crippen LogP) is 6.83. The molecule has 1 fully saturated rings. The molecule has 9 nitrogen and oxygen atoms in total. The first-order chi connectivity index (χ1) is 20.0. The molecule has 3 heterocycles. The Morgan fingerprint density at radius 1 is 1.02 bits per heavy atom. The van der Waals surface area contributed by atoms with Crippen molar-refractivity contribution >= 4 is 40.1 Å². The molecule has 206 valence electrons. The average molecular weight is 547 g/mol. The number of H-pyrrole nitrogens is 2. The van der Waals surface area contributed by atoms with Crippen LogP contribution in [0.15, 0.2) is 84.2 Å². The summed E-state index contributed by atoms with van der Waals surface area (Å²) in [5, 5.41) is 23.1. The number of nitro benzene ring substituents is 1. The van der Waals surface area contributed by atoms with E-state index in [4.69, 9.17) is 4.99 Å². The third-order valence-electron chi connectivity index (χ3n) is 7.40. The van der Waals surface area contributed by atoms with Crippen LogP contribution in [0, 0.1) is 10.1 Å². The van der Waals surface area contributed by atoms with Crippen LogP contribution in [-0.2, 0) is 6.54 Å². The van der Waals surface area contributed by atoms with Gasteiger partial charge in [0.05, 0.1) is 40.1 Å². The topological polar surface area (TPSA) is 123 Å². The fourth-order valence-electron chi connectivity index (χ4n) is 5.26. The van der Waals surface area contributed by atoms with E-state index in [0.717, 1.165) is 36.5 Å². The lowest BCUT2D eigenvalue weighted by Gasteiger charge is -2.26. The van der Waals surface area contributed by atoms with Gasteiger partial charge in [0.25, 0.3) is 5.69 Å². The molecule has 1 aliphatic rings. The Morgan fingerprint density at radius 2 is 1.80 bits per heavy atom. The van der Waals surface area contributed by atoms with E-state index in [-0.39, 0.29) is 11.6 Å². The summed E-state index contributed by atoms with van der Waals surface area (Å²) in [4.78, 5) is 28.6. The van der Waals surface area contributed by atoms with Crippen molar-refractivity contribution in [1.29, 1.82) is 0 Å². The average Bonchev–Trinajstić information content (AvgIpc) is 3.63. The minimum atomic E-state index is -0.436. The second-order valence-corrected chi connectivity index (χ2v) is 10.3. The lowest BCUT2D eigenvalue weighted by atomic mass is 9.99. The summed E-state index contributed by atoms with van der Waals surface area (Å²) in [6.45, 7) is 3.12. The van der Waals surface area contributed by atoms with E-state index in [1.54, 1.807) is 18.6 Å². The number of nitrogens with zero attached hydrogens (tertiary/aromatic N) is 4. The number of rotatable bonds is 8. The van der Waals surface area contributed by atoms with Crippen molar-refractivity contribution in [3.63, 3.8) is 0 Å². The molecule has 9 heteroatoms. The van der Waals surface area contributed by atoms with Gasteiger partial charge in [0.1, 0.15) is 0 Å². The second kappa shape index (κ2) is 11.6. The van der Waals surface area contributed by atoms with Gasteiger partial charge in [0, 0.05) is 35.1 Å². The van der Waals surface area contributed by atoms with E-state index in [9.17, 15) is 15.2 Å². The maximum atomic E-state index is 11.5. The van der Waals surface area contributed by atoms with Gasteiger partial charge >= 0.3 is 0 Å². The molecule has 1 saturated heterocycles. The van der Waals surface area contributed by atoms with Gasteiger partial charge in [-0.2, -0.15) is 0 Å². The zero-order valence-electron chi connectivity index (χ0n) is 22.5. The molecule has 6 rings (SSSR count). The molecule has 3 aromatic carbocycles. The van der Waals surface area contributed by atoms with Crippen molar-refractivity contribution in [3.8, 4) is 5.88 Å². The lowest BCUT2D eigenvalue weighted by Crippen LogP contribution is -2.29. The molecule has 1 aliphatic heterocycles. The first-order valence-corrected chi connectivity index (χ1v) is 13.7. The van der Waals surface area contributed by atoms with Crippen LogP contribution in [0.25, 0.3) is 23.1 Å². The summed E-state index contributed by atoms with van der Waals surface area (Å²) in [6.07, 6.45) is 11.1. The van der Waals surface area contributed by atoms with Gasteiger partial charge in [0.15, 0.2) is 5.88 Å². The third kappa shape index (κ3) is 5.95. The molecule has 0 atom stereocenters. The van der Waals surface area contributed by atoms with Crippen LogP contribution < -0.4 is 0 Å². The Bertz CT molecular complexity index is 1710. The van der Waals surface area contributed by atoms with Gasteiger partial charge in [-0.3, -0.25) is 15.0 Å². The van der Waals surface area contributed by atoms with E-state index in [1.807, 2.05) is 48.6 Å². The molecular weight excluding hydrogens is 516 g/mol. The number of aromatic nitrogens is 3. The Labute approximate surface area is 237 Å². The molecule has 0 bridgehead atoms. The highest BCUT2D eigenvalue weighted by molar-refractivity contribution is 6.22. The van der Waals surface area contributed by atoms with Crippen molar-refractivity contribution in [2.24, 2.45) is 4.99 Å². The van der Waals surface area contributed by atoms with Crippen molar-refractivity contribution in [2.45, 2.75) is 25.8 Å². The summed E-state index contributed by atoms with van der Waals surface area (Å²) < 4.78 is 0. The van der Waals surface area contributed by atoms with Crippen LogP contribution in [0.4, 0.5) is 11.4 Å². The summed E-state index contributed by atoms with van der Waals surface area (Å²) in [7, 11) is 0. The van der Waals surface area contributed by atoms with Crippen molar-refractivity contribution in [3.05, 3.63) is 117 Å². The van der Waals surface area contributed by atoms with E-state index in [2.05, 4.69) is 32.0 Å². The van der Waals surface area contributed by atoms with Crippen LogP contribution in [0.5, 0.6) is 5.88 Å². The zero-order valence-corrected chi connectivity index (χ0v) is 22.5. The van der Waals surface area contributed by atoms with Gasteiger partial charge in [-0.1, -0.05) is 48.9 Å². The molecule has 2 aromatic heterocycles. The summed E-state index contributed by atoms with van der Waals surface area (Å²) in [5.41, 5.74) is 6.10. The van der Waals surface area contributed by atoms with E-state index >= 15 is 0 Å². The summed E-state index contributed by atoms with van der Waals surface area (Å²) in [5.74, 6) is -0.0873. The number of benzene rings is 3. The van der Waals surface area contributed by atoms with Crippen molar-refractivity contribution in [1.82, 2.24) is 19.9 Å². The molecule has 3 N–H and O–H groups in total. The first-order valence-electron chi connectivity index (χ1n) is 13.7. The number of aromatic hydroxyl groups is 1. The molecule has 0 amide bonds. The Balaban J connectivity index is 1.39. The number of aliphatic imine (C=N–C) groups is 1. The largest absolute Gasteiger partial charge is 0.494 e. The monoisotopic (exact) mass is 546 g/mol. The number of hydrogen-bond acceptors (Lipinski definition) is 6. The third-order valence-corrected chi connectivity index (χ3v) is 7.40. The summed E-state index contributed by atoms with van der Waals surface area (Å²) in [6, 6.07) is 20.5. The Kier molecular flexibility index (Phi) is 7.42. The highest BCUT2D eigenvalue weighted by Gasteiger charge is 2.21. The highest BCUT2D eigenvalue weighted by Crippen LogP contribution is 2.34. The quantitative estimate of drug-likeness (QED) is 0.112. The zero-order chi connectivity index (χ0) is 28.2. The normalized spacial score (nSPS) is 14.7. The Hall–Kier alpha value is -5.02. The molecular formula is C32H30N6O3. The van der Waals surface area contributed by atoms with Crippen molar-refractivity contribution < 1.29 is 10.0 Å². The number of aromatic amines is 2. The molecule has 41 heavy (non-hydrogen) atoms. The maximum Gasteiger partial charge on any atom is 0.270 e. The van der Waals surface area contributed by atoms with Gasteiger partial charge in [-0.25, -0.2) is 9.98 Å². The highest BCUT2D eigenvalue weighted by atomic mass is 16.6. The van der Waals surface area contributed by atoms with Gasteiger partial charge in [0.2, 0.25) is 0 Å². The SMILES string of the molecule is O=[N+]([O-])c1ccc2[nH]c(O)c(C(=Nc3ccc(/C=C/c4cnc[nH]4)cc3)c3ccc(CN4CCCCC4)cc3)c2c1. The van der Waals surface area contributed by atoms with Gasteiger partial charge in [-0.15, -0.1) is 0 Å². The van der Waals surface area contributed by atoms with Crippen LogP contribution in [0.3, 0.4) is 0 Å². The fraction of sp³-hybridized carbons (Fsp3) is 0.188. The molecule has 0 spiro atoms. The summed E-state index contributed by atoms with van der Waals surface area (Å²) >= 11 is 0. The van der Waals surface area contributed by atoms with E-state index < -0.39 is 4.92 Å². The standard InChI is InChI=1S/C32H30N6O3/c39-32-30(28-18-27(38(40)41)14-15-29(28)36-32)31(24-9-4-23(5-10-24)20-37-16-2-1-3-17-37)35-25-11-6-22(7-12-25)8-13-26-19-33-21-34-26/h4-15,18-19,21,36,39H,1-3,16-17,20H2,(H,33,34)/b13-8+,35-31?. The van der Waals surface area contributed by atoms with E-state index in [1.165, 1.54) is 37.0 Å². The van der Waals surface area contributed by atoms with Crippen LogP contribution >= 0.6 is 0 Å². The van der Waals surface area contributed by atoms with Crippen LogP contribution in [0.2, 0.25) is 0 Å². The number of hydrogen-bond donors (Lipinski definition) is 3. The fourth-order valence-corrected chi connectivity index (χ4v) is 5.26. The van der Waals surface area contributed by atoms with Gasteiger partial charge in [-0.05, 0) is 61.3 Å². The molecule has 0 radical (unpaired) electrons. The number of imidazole rings is 1. The molecule has 5 aromatic rings. The molecule has 0 aliphatic carbocycles. The second-order valence-electron chi connectivity index (χ2n) is 10.3. The predicted molar refractivity (Wildman–Crippen MR) is 161 cm³/mol. The molecule has 0 saturated carbocycles. The number of likely N-dealkylation sites (tertiary alicyclic amines) is 1. The smallest absolute Gasteiger partial charge is 0.270 e. The van der Waals surface area contributed by atoms with Gasteiger partial charge < -0.3 is 15.1 Å². The number of non-ortho nitro benzene ring substituents is 1. The maximum absolute atomic E-state index is 11.5. The number of piperidine rings is 1. The number of nitro groups is 1. The minimum absolute atomic E-state index is 0.0533. The molecule has 0 unspecified atom stereocenters. The van der Waals surface area contributed by atoms with Crippen molar-refractivity contribution in [2.75, 3.05) is 13.1 Å². The Morgan fingerprint density at radius 3 is 2.51 bits per heavy atom.